The van der Waals surface area contributed by atoms with Crippen molar-refractivity contribution in [2.75, 3.05) is 13.2 Å². The number of hydrogen-bond donors (Lipinski definition) is 1. The maximum Gasteiger partial charge on any atom is 0.190 e. The Morgan fingerprint density at radius 2 is 2.14 bits per heavy atom. The van der Waals surface area contributed by atoms with Crippen molar-refractivity contribution in [2.45, 2.75) is 38.4 Å². The highest BCUT2D eigenvalue weighted by Crippen LogP contribution is 2.11. The molecule has 4 nitrogen and oxygen atoms in total. The molecule has 1 N–H and O–H groups in total. The summed E-state index contributed by atoms with van der Waals surface area (Å²) >= 11 is 0. The normalized spacial score (nSPS) is 25.9. The van der Waals surface area contributed by atoms with E-state index in [-0.39, 0.29) is 6.29 Å². The smallest absolute Gasteiger partial charge is 0.190 e. The predicted octanol–water partition coefficient (Wildman–Crippen LogP) is 2.31. The highest BCUT2D eigenvalue weighted by Gasteiger charge is 2.12. The molecule has 0 saturated carbocycles. The summed E-state index contributed by atoms with van der Waals surface area (Å²) < 4.78 is 9.84. The lowest BCUT2D eigenvalue weighted by Crippen LogP contribution is -2.20. The van der Waals surface area contributed by atoms with E-state index in [1.807, 2.05) is 6.08 Å². The van der Waals surface area contributed by atoms with Crippen molar-refractivity contribution in [2.24, 2.45) is 0 Å². The molecule has 0 amide bonds. The van der Waals surface area contributed by atoms with E-state index >= 15 is 0 Å². The number of allylic oxidation sites excluding steroid dienone is 1. The Bertz CT molecular complexity index is 144. The van der Waals surface area contributed by atoms with Crippen LogP contribution < -0.4 is 0 Å². The minimum Gasteiger partial charge on any atom is -0.502 e. The van der Waals surface area contributed by atoms with Crippen LogP contribution in [-0.4, -0.2) is 24.8 Å². The largest absolute Gasteiger partial charge is 0.502 e. The monoisotopic (exact) mass is 202 g/mol. The van der Waals surface area contributed by atoms with Crippen molar-refractivity contribution < 1.29 is 19.6 Å². The van der Waals surface area contributed by atoms with Crippen molar-refractivity contribution in [3.63, 3.8) is 0 Å². The van der Waals surface area contributed by atoms with Crippen LogP contribution in [0.5, 0.6) is 0 Å². The van der Waals surface area contributed by atoms with Crippen molar-refractivity contribution >= 4 is 0 Å². The molecule has 0 radical (unpaired) electrons. The molecule has 1 saturated heterocycles. The van der Waals surface area contributed by atoms with Crippen LogP contribution in [0.4, 0.5) is 0 Å². The van der Waals surface area contributed by atoms with Gasteiger partial charge in [0.05, 0.1) is 12.9 Å². The molecule has 1 atom stereocenters. The maximum absolute atomic E-state index is 8.07. The van der Waals surface area contributed by atoms with E-state index in [1.165, 1.54) is 12.8 Å². The van der Waals surface area contributed by atoms with Gasteiger partial charge in [-0.2, -0.15) is 0 Å². The van der Waals surface area contributed by atoms with Gasteiger partial charge in [0.25, 0.3) is 0 Å². The molecule has 14 heavy (non-hydrogen) atoms. The summed E-state index contributed by atoms with van der Waals surface area (Å²) in [7, 11) is 0. The van der Waals surface area contributed by atoms with Gasteiger partial charge in [0.1, 0.15) is 0 Å². The quantitative estimate of drug-likeness (QED) is 0.523. The third-order valence-electron chi connectivity index (χ3n) is 2.08. The molecular formula is C10H18O4. The van der Waals surface area contributed by atoms with Crippen LogP contribution in [0.15, 0.2) is 12.3 Å². The fourth-order valence-corrected chi connectivity index (χ4v) is 1.28. The first kappa shape index (κ1) is 11.5. The lowest BCUT2D eigenvalue weighted by atomic mass is 10.2. The summed E-state index contributed by atoms with van der Waals surface area (Å²) in [6.45, 7) is 1.63. The van der Waals surface area contributed by atoms with Gasteiger partial charge in [0.2, 0.25) is 0 Å². The number of rotatable bonds is 1. The fourth-order valence-electron chi connectivity index (χ4n) is 1.28. The topological polar surface area (TPSA) is 47.9 Å². The molecule has 0 spiro atoms. The zero-order chi connectivity index (χ0) is 10.1. The first-order chi connectivity index (χ1) is 6.93. The molecule has 0 aromatic heterocycles. The van der Waals surface area contributed by atoms with E-state index < -0.39 is 0 Å². The Kier molecular flexibility index (Phi) is 6.40. The van der Waals surface area contributed by atoms with Crippen LogP contribution in [-0.2, 0) is 14.4 Å². The second-order valence-electron chi connectivity index (χ2n) is 3.29. The Morgan fingerprint density at radius 3 is 2.43 bits per heavy atom. The van der Waals surface area contributed by atoms with Gasteiger partial charge >= 0.3 is 0 Å². The summed E-state index contributed by atoms with van der Waals surface area (Å²) in [6.07, 6.45) is 8.83. The zero-order valence-corrected chi connectivity index (χ0v) is 8.35. The summed E-state index contributed by atoms with van der Waals surface area (Å²) in [5.74, 6) is 0. The van der Waals surface area contributed by atoms with Crippen LogP contribution in [0, 0.1) is 0 Å². The molecule has 0 bridgehead atoms. The minimum atomic E-state index is -0.358. The Labute approximate surface area is 84.4 Å². The maximum atomic E-state index is 8.07. The van der Waals surface area contributed by atoms with Gasteiger partial charge in [-0.15, -0.1) is 0 Å². The first-order valence-corrected chi connectivity index (χ1v) is 5.12. The lowest BCUT2D eigenvalue weighted by molar-refractivity contribution is -0.352. The highest BCUT2D eigenvalue weighted by atomic mass is 17.1. The van der Waals surface area contributed by atoms with E-state index in [2.05, 4.69) is 4.89 Å². The highest BCUT2D eigenvalue weighted by molar-refractivity contribution is 4.76. The van der Waals surface area contributed by atoms with Crippen LogP contribution in [0.1, 0.15) is 32.1 Å². The van der Waals surface area contributed by atoms with Crippen molar-refractivity contribution in [1.29, 1.82) is 0 Å². The molecular weight excluding hydrogens is 184 g/mol. The summed E-state index contributed by atoms with van der Waals surface area (Å²) in [4.78, 5) is 3.97. The first-order valence-electron chi connectivity index (χ1n) is 5.12. The van der Waals surface area contributed by atoms with Crippen molar-refractivity contribution in [1.82, 2.24) is 0 Å². The molecule has 2 aliphatic rings. The van der Waals surface area contributed by atoms with Gasteiger partial charge in [-0.05, 0) is 31.8 Å². The third kappa shape index (κ3) is 5.21. The van der Waals surface area contributed by atoms with Gasteiger partial charge in [0, 0.05) is 13.0 Å². The van der Waals surface area contributed by atoms with Gasteiger partial charge in [-0.25, -0.2) is 10.1 Å². The Morgan fingerprint density at radius 1 is 1.21 bits per heavy atom. The zero-order valence-electron chi connectivity index (χ0n) is 8.35. The Balaban J connectivity index is 0.000000146. The average molecular weight is 202 g/mol. The van der Waals surface area contributed by atoms with Crippen molar-refractivity contribution in [3.05, 3.63) is 12.3 Å². The molecule has 2 rings (SSSR count). The second-order valence-corrected chi connectivity index (χ2v) is 3.29. The van der Waals surface area contributed by atoms with Crippen molar-refractivity contribution in [3.8, 4) is 0 Å². The molecule has 1 unspecified atom stereocenters. The Hall–Kier alpha value is -0.580. The SMILES string of the molecule is C1=COCCC1.OOC1CCCCO1. The molecule has 2 aliphatic heterocycles. The van der Waals surface area contributed by atoms with Crippen LogP contribution in [0.25, 0.3) is 0 Å². The van der Waals surface area contributed by atoms with E-state index in [1.54, 1.807) is 6.26 Å². The molecule has 0 aromatic carbocycles. The van der Waals surface area contributed by atoms with E-state index in [4.69, 9.17) is 14.7 Å². The molecule has 82 valence electrons. The predicted molar refractivity (Wildman–Crippen MR) is 51.6 cm³/mol. The van der Waals surface area contributed by atoms with E-state index in [9.17, 15) is 0 Å². The van der Waals surface area contributed by atoms with Gasteiger partial charge in [-0.1, -0.05) is 0 Å². The minimum absolute atomic E-state index is 0.358. The van der Waals surface area contributed by atoms with Gasteiger partial charge < -0.3 is 9.47 Å². The van der Waals surface area contributed by atoms with E-state index in [0.29, 0.717) is 6.61 Å². The fraction of sp³-hybridized carbons (Fsp3) is 0.800. The van der Waals surface area contributed by atoms with Crippen LogP contribution in [0.3, 0.4) is 0 Å². The molecule has 1 fully saturated rings. The summed E-state index contributed by atoms with van der Waals surface area (Å²) in [5, 5.41) is 8.07. The molecule has 0 aliphatic carbocycles. The van der Waals surface area contributed by atoms with Crippen LogP contribution in [0.2, 0.25) is 0 Å². The number of hydrogen-bond acceptors (Lipinski definition) is 4. The standard InChI is InChI=1S/C5H10O3.C5H8O/c6-8-5-3-1-2-4-7-5;1-2-4-6-5-3-1/h5-6H,1-4H2;2,4H,1,3,5H2. The summed E-state index contributed by atoms with van der Waals surface area (Å²) in [5.41, 5.74) is 0. The molecule has 4 heteroatoms. The molecule has 2 heterocycles. The second kappa shape index (κ2) is 7.79. The summed E-state index contributed by atoms with van der Waals surface area (Å²) in [6, 6.07) is 0. The molecule has 0 aromatic rings. The lowest BCUT2D eigenvalue weighted by Gasteiger charge is -2.18. The van der Waals surface area contributed by atoms with Crippen LogP contribution >= 0.6 is 0 Å². The van der Waals surface area contributed by atoms with Gasteiger partial charge in [0.15, 0.2) is 6.29 Å². The van der Waals surface area contributed by atoms with Gasteiger partial charge in [-0.3, -0.25) is 0 Å². The third-order valence-corrected chi connectivity index (χ3v) is 2.08. The number of ether oxygens (including phenoxy) is 2. The van der Waals surface area contributed by atoms with E-state index in [0.717, 1.165) is 25.9 Å². The average Bonchev–Trinajstić information content (AvgIpc) is 2.33.